The summed E-state index contributed by atoms with van der Waals surface area (Å²) in [5.41, 5.74) is 1.74. The number of carboxylic acid groups (broad SMARTS) is 1. The van der Waals surface area contributed by atoms with Gasteiger partial charge in [0, 0.05) is 12.0 Å². The summed E-state index contributed by atoms with van der Waals surface area (Å²) < 4.78 is 5.49. The quantitative estimate of drug-likeness (QED) is 0.822. The van der Waals surface area contributed by atoms with Crippen LogP contribution in [0.15, 0.2) is 54.6 Å². The van der Waals surface area contributed by atoms with Crippen LogP contribution < -0.4 is 4.74 Å². The van der Waals surface area contributed by atoms with Crippen LogP contribution in [0.3, 0.4) is 0 Å². The molecule has 2 aromatic carbocycles. The fraction of sp³-hybridized carbons (Fsp3) is 0.250. The second-order valence-electron chi connectivity index (χ2n) is 6.16. The highest BCUT2D eigenvalue weighted by molar-refractivity contribution is 5.76. The number of rotatable bonds is 6. The number of ether oxygens (including phenoxy) is 1. The first kappa shape index (κ1) is 17.5. The van der Waals surface area contributed by atoms with Gasteiger partial charge in [-0.25, -0.2) is 9.59 Å². The number of aliphatic carboxylic acids is 1. The zero-order valence-electron chi connectivity index (χ0n) is 13.9. The Balaban J connectivity index is 2.28. The molecule has 4 nitrogen and oxygen atoms in total. The van der Waals surface area contributed by atoms with Crippen molar-refractivity contribution in [2.45, 2.75) is 32.3 Å². The molecule has 0 radical (unpaired) electrons. The van der Waals surface area contributed by atoms with Crippen LogP contribution in [0.5, 0.6) is 5.75 Å². The van der Waals surface area contributed by atoms with Crippen LogP contribution in [-0.2, 0) is 9.59 Å². The highest BCUT2D eigenvalue weighted by atomic mass is 16.5. The zero-order valence-corrected chi connectivity index (χ0v) is 13.9. The molecule has 1 atom stereocenters. The first-order valence-corrected chi connectivity index (χ1v) is 7.63. The fourth-order valence-corrected chi connectivity index (χ4v) is 2.31. The van der Waals surface area contributed by atoms with Gasteiger partial charge in [0.05, 0.1) is 0 Å². The van der Waals surface area contributed by atoms with Crippen LogP contribution in [0.4, 0.5) is 0 Å². The van der Waals surface area contributed by atoms with Crippen LogP contribution in [0, 0.1) is 6.92 Å². The largest absolute Gasteiger partial charge is 0.478 e. The Labute approximate surface area is 141 Å². The lowest BCUT2D eigenvalue weighted by Crippen LogP contribution is -2.37. The summed E-state index contributed by atoms with van der Waals surface area (Å²) >= 11 is 0. The Bertz CT molecular complexity index is 751. The van der Waals surface area contributed by atoms with E-state index in [1.807, 2.05) is 49.3 Å². The summed E-state index contributed by atoms with van der Waals surface area (Å²) in [5, 5.41) is 9.11. The van der Waals surface area contributed by atoms with Crippen LogP contribution in [0.2, 0.25) is 0 Å². The number of hydrogen-bond acceptors (Lipinski definition) is 3. The van der Waals surface area contributed by atoms with E-state index < -0.39 is 11.6 Å². The van der Waals surface area contributed by atoms with Crippen molar-refractivity contribution >= 4 is 11.9 Å². The Hall–Kier alpha value is -2.84. The molecule has 2 aromatic rings. The molecule has 0 heterocycles. The van der Waals surface area contributed by atoms with Gasteiger partial charge in [-0.3, -0.25) is 0 Å². The summed E-state index contributed by atoms with van der Waals surface area (Å²) in [6.07, 6.45) is 1.47. The van der Waals surface area contributed by atoms with Crippen molar-refractivity contribution in [2.75, 3.05) is 0 Å². The molecule has 1 unspecified atom stereocenters. The first-order chi connectivity index (χ1) is 11.3. The van der Waals surface area contributed by atoms with E-state index in [0.717, 1.165) is 16.7 Å². The van der Waals surface area contributed by atoms with Gasteiger partial charge in [0.1, 0.15) is 11.7 Å². The van der Waals surface area contributed by atoms with E-state index in [1.165, 1.54) is 19.9 Å². The van der Waals surface area contributed by atoms with E-state index >= 15 is 0 Å². The first-order valence-electron chi connectivity index (χ1n) is 7.63. The number of carboxylic acids is 1. The van der Waals surface area contributed by atoms with Gasteiger partial charge in [-0.05, 0) is 44.0 Å². The maximum atomic E-state index is 11.1. The minimum Gasteiger partial charge on any atom is -0.478 e. The lowest BCUT2D eigenvalue weighted by Gasteiger charge is -2.22. The fourth-order valence-electron chi connectivity index (χ4n) is 2.31. The third-order valence-electron chi connectivity index (χ3n) is 3.80. The molecule has 0 amide bonds. The molecule has 0 aliphatic carbocycles. The standard InChI is InChI=1S/C20H20O4/c1-14-4-6-15(7-5-14)18(12-13-21)16-8-10-17(11-9-16)24-20(2,3)19(22)23/h4-12,18H,1-3H3,(H,22,23). The van der Waals surface area contributed by atoms with E-state index in [9.17, 15) is 9.59 Å². The number of hydrogen-bond donors (Lipinski definition) is 1. The minimum atomic E-state index is -1.30. The molecule has 0 saturated carbocycles. The van der Waals surface area contributed by atoms with E-state index in [-0.39, 0.29) is 5.92 Å². The summed E-state index contributed by atoms with van der Waals surface area (Å²) in [6, 6.07) is 15.0. The van der Waals surface area contributed by atoms with Crippen LogP contribution in [-0.4, -0.2) is 22.6 Å². The number of benzene rings is 2. The second kappa shape index (κ2) is 7.16. The monoisotopic (exact) mass is 324 g/mol. The Morgan fingerprint density at radius 3 is 2.04 bits per heavy atom. The van der Waals surface area contributed by atoms with Crippen LogP contribution in [0.25, 0.3) is 0 Å². The maximum Gasteiger partial charge on any atom is 0.347 e. The molecule has 24 heavy (non-hydrogen) atoms. The van der Waals surface area contributed by atoms with Crippen LogP contribution >= 0.6 is 0 Å². The highest BCUT2D eigenvalue weighted by Crippen LogP contribution is 2.28. The second-order valence-corrected chi connectivity index (χ2v) is 6.16. The van der Waals surface area contributed by atoms with E-state index in [1.54, 1.807) is 12.1 Å². The molecule has 0 aromatic heterocycles. The predicted octanol–water partition coefficient (Wildman–Crippen LogP) is 3.76. The number of aryl methyl sites for hydroxylation is 1. The SMILES string of the molecule is Cc1ccc(C(C=C=O)c2ccc(OC(C)(C)C(=O)O)cc2)cc1. The smallest absolute Gasteiger partial charge is 0.347 e. The third kappa shape index (κ3) is 4.12. The molecule has 0 spiro atoms. The molecule has 2 rings (SSSR count). The normalized spacial score (nSPS) is 12.1. The van der Waals surface area contributed by atoms with Gasteiger partial charge in [0.25, 0.3) is 0 Å². The third-order valence-corrected chi connectivity index (χ3v) is 3.80. The van der Waals surface area contributed by atoms with Crippen molar-refractivity contribution in [3.63, 3.8) is 0 Å². The Morgan fingerprint density at radius 2 is 1.58 bits per heavy atom. The molecule has 0 saturated heterocycles. The van der Waals surface area contributed by atoms with E-state index in [2.05, 4.69) is 0 Å². The lowest BCUT2D eigenvalue weighted by molar-refractivity contribution is -0.152. The molecular weight excluding hydrogens is 304 g/mol. The average molecular weight is 324 g/mol. The van der Waals surface area contributed by atoms with Crippen molar-refractivity contribution in [1.29, 1.82) is 0 Å². The van der Waals surface area contributed by atoms with Gasteiger partial charge >= 0.3 is 5.97 Å². The zero-order chi connectivity index (χ0) is 17.7. The van der Waals surface area contributed by atoms with Crippen molar-refractivity contribution in [1.82, 2.24) is 0 Å². The number of carbonyl (C=O) groups excluding carboxylic acids is 1. The topological polar surface area (TPSA) is 63.6 Å². The van der Waals surface area contributed by atoms with Crippen molar-refractivity contribution in [3.8, 4) is 5.75 Å². The molecule has 4 heteroatoms. The summed E-state index contributed by atoms with van der Waals surface area (Å²) in [6.45, 7) is 4.99. The Morgan fingerprint density at radius 1 is 1.08 bits per heavy atom. The number of carbonyl (C=O) groups is 1. The van der Waals surface area contributed by atoms with Gasteiger partial charge in [-0.1, -0.05) is 42.0 Å². The molecule has 0 aliphatic rings. The predicted molar refractivity (Wildman–Crippen MR) is 92.1 cm³/mol. The van der Waals surface area contributed by atoms with Gasteiger partial charge in [-0.15, -0.1) is 0 Å². The summed E-state index contributed by atoms with van der Waals surface area (Å²) in [7, 11) is 0. The van der Waals surface area contributed by atoms with Crippen molar-refractivity contribution in [3.05, 3.63) is 71.3 Å². The van der Waals surface area contributed by atoms with Gasteiger partial charge < -0.3 is 9.84 Å². The molecule has 0 fully saturated rings. The Kier molecular flexibility index (Phi) is 5.22. The average Bonchev–Trinajstić information content (AvgIpc) is 2.54. The van der Waals surface area contributed by atoms with Crippen molar-refractivity contribution in [2.24, 2.45) is 0 Å². The van der Waals surface area contributed by atoms with Crippen molar-refractivity contribution < 1.29 is 19.4 Å². The van der Waals surface area contributed by atoms with Gasteiger partial charge in [-0.2, -0.15) is 0 Å². The maximum absolute atomic E-state index is 11.1. The van der Waals surface area contributed by atoms with Gasteiger partial charge in [0.2, 0.25) is 0 Å². The van der Waals surface area contributed by atoms with Crippen LogP contribution in [0.1, 0.15) is 36.5 Å². The molecule has 0 aliphatic heterocycles. The van der Waals surface area contributed by atoms with E-state index in [4.69, 9.17) is 9.84 Å². The summed E-state index contributed by atoms with van der Waals surface area (Å²) in [5.74, 6) is 1.09. The minimum absolute atomic E-state index is 0.204. The highest BCUT2D eigenvalue weighted by Gasteiger charge is 2.29. The molecule has 124 valence electrons. The molecule has 1 N–H and O–H groups in total. The molecular formula is C20H20O4. The number of allylic oxidation sites excluding steroid dienone is 1. The lowest BCUT2D eigenvalue weighted by atomic mass is 9.91. The molecule has 0 bridgehead atoms. The summed E-state index contributed by atoms with van der Waals surface area (Å²) in [4.78, 5) is 22.0. The van der Waals surface area contributed by atoms with E-state index in [0.29, 0.717) is 5.75 Å². The van der Waals surface area contributed by atoms with Gasteiger partial charge in [0.15, 0.2) is 5.60 Å².